The van der Waals surface area contributed by atoms with Crippen LogP contribution in [-0.4, -0.2) is 25.0 Å². The van der Waals surface area contributed by atoms with Gasteiger partial charge in [-0.15, -0.1) is 0 Å². The van der Waals surface area contributed by atoms with E-state index in [4.69, 9.17) is 0 Å². The molecule has 15 heavy (non-hydrogen) atoms. The van der Waals surface area contributed by atoms with E-state index in [0.717, 1.165) is 0 Å². The van der Waals surface area contributed by atoms with Crippen LogP contribution < -0.4 is 4.72 Å². The molecule has 0 aliphatic rings. The largest absolute Gasteiger partial charge is 0.212 e. The summed E-state index contributed by atoms with van der Waals surface area (Å²) in [6.07, 6.45) is 0.667. The third kappa shape index (κ3) is 8.22. The van der Waals surface area contributed by atoms with Gasteiger partial charge in [0, 0.05) is 10.9 Å². The Morgan fingerprint density at radius 2 is 1.60 bits per heavy atom. The number of hydrogen-bond donors (Lipinski definition) is 1. The first-order chi connectivity index (χ1) is 6.47. The van der Waals surface area contributed by atoms with Crippen molar-refractivity contribution < 1.29 is 8.42 Å². The van der Waals surface area contributed by atoms with E-state index in [9.17, 15) is 8.42 Å². The van der Waals surface area contributed by atoms with Crippen molar-refractivity contribution >= 4 is 26.0 Å². The van der Waals surface area contributed by atoms with Crippen molar-refractivity contribution in [2.24, 2.45) is 5.41 Å². The van der Waals surface area contributed by atoms with Crippen LogP contribution in [-0.2, 0) is 10.0 Å². The molecule has 92 valence electrons. The average Bonchev–Trinajstić information content (AvgIpc) is 1.98. The molecule has 0 aliphatic heterocycles. The Labute approximate surface area is 102 Å². The van der Waals surface area contributed by atoms with Gasteiger partial charge in [-0.2, -0.15) is 0 Å². The van der Waals surface area contributed by atoms with Crippen molar-refractivity contribution in [1.82, 2.24) is 4.72 Å². The third-order valence-electron chi connectivity index (χ3n) is 1.89. The maximum absolute atomic E-state index is 11.7. The zero-order valence-corrected chi connectivity index (χ0v) is 12.6. The lowest BCUT2D eigenvalue weighted by Gasteiger charge is -2.25. The SMILES string of the molecule is CC(C)(C)CCS(=O)(=O)NC(C)(C)CBr. The molecule has 0 unspecified atom stereocenters. The fraction of sp³-hybridized carbons (Fsp3) is 1.00. The van der Waals surface area contributed by atoms with Crippen molar-refractivity contribution in [3.8, 4) is 0 Å². The van der Waals surface area contributed by atoms with Crippen LogP contribution in [0.1, 0.15) is 41.0 Å². The van der Waals surface area contributed by atoms with E-state index in [1.807, 2.05) is 34.6 Å². The molecule has 0 rings (SSSR count). The highest BCUT2D eigenvalue weighted by atomic mass is 79.9. The van der Waals surface area contributed by atoms with Gasteiger partial charge in [-0.1, -0.05) is 36.7 Å². The second-order valence-corrected chi connectivity index (χ2v) is 8.15. The van der Waals surface area contributed by atoms with Gasteiger partial charge < -0.3 is 0 Å². The minimum absolute atomic E-state index is 0.0489. The predicted octanol–water partition coefficient (Wildman–Crippen LogP) is 2.52. The number of nitrogens with one attached hydrogen (secondary N) is 1. The molecule has 0 aromatic carbocycles. The third-order valence-corrected chi connectivity index (χ3v) is 4.89. The van der Waals surface area contributed by atoms with Gasteiger partial charge in [0.2, 0.25) is 10.0 Å². The normalized spacial score (nSPS) is 14.3. The second-order valence-electron chi connectivity index (χ2n) is 5.75. The van der Waals surface area contributed by atoms with Crippen molar-refractivity contribution in [2.45, 2.75) is 46.6 Å². The molecule has 0 aromatic heterocycles. The zero-order chi connectivity index (χ0) is 12.3. The van der Waals surface area contributed by atoms with Crippen LogP contribution in [0.25, 0.3) is 0 Å². The predicted molar refractivity (Wildman–Crippen MR) is 68.9 cm³/mol. The standard InChI is InChI=1S/C10H22BrNO2S/c1-9(2,3)6-7-15(13,14)12-10(4,5)8-11/h12H,6-8H2,1-5H3. The van der Waals surface area contributed by atoms with Gasteiger partial charge in [0.25, 0.3) is 0 Å². The number of sulfonamides is 1. The number of alkyl halides is 1. The summed E-state index contributed by atoms with van der Waals surface area (Å²) in [6, 6.07) is 0. The monoisotopic (exact) mass is 299 g/mol. The maximum Gasteiger partial charge on any atom is 0.212 e. The Balaban J connectivity index is 4.34. The highest BCUT2D eigenvalue weighted by molar-refractivity contribution is 9.09. The van der Waals surface area contributed by atoms with Gasteiger partial charge in [0.15, 0.2) is 0 Å². The van der Waals surface area contributed by atoms with Gasteiger partial charge in [0.05, 0.1) is 5.75 Å². The molecular weight excluding hydrogens is 278 g/mol. The molecule has 5 heteroatoms. The van der Waals surface area contributed by atoms with Crippen LogP contribution in [0.3, 0.4) is 0 Å². The molecule has 0 aliphatic carbocycles. The van der Waals surface area contributed by atoms with Gasteiger partial charge in [-0.05, 0) is 25.7 Å². The van der Waals surface area contributed by atoms with Crippen LogP contribution in [0, 0.1) is 5.41 Å². The number of rotatable bonds is 5. The van der Waals surface area contributed by atoms with E-state index in [1.165, 1.54) is 0 Å². The lowest BCUT2D eigenvalue weighted by atomic mass is 9.94. The minimum Gasteiger partial charge on any atom is -0.212 e. The molecule has 0 radical (unpaired) electrons. The first-order valence-electron chi connectivity index (χ1n) is 5.05. The smallest absolute Gasteiger partial charge is 0.212 e. The van der Waals surface area contributed by atoms with Crippen LogP contribution in [0.5, 0.6) is 0 Å². The van der Waals surface area contributed by atoms with E-state index >= 15 is 0 Å². The summed E-state index contributed by atoms with van der Waals surface area (Å²) in [7, 11) is -3.16. The van der Waals surface area contributed by atoms with Crippen LogP contribution >= 0.6 is 15.9 Å². The molecule has 0 spiro atoms. The van der Waals surface area contributed by atoms with E-state index in [2.05, 4.69) is 20.7 Å². The Morgan fingerprint density at radius 3 is 1.93 bits per heavy atom. The van der Waals surface area contributed by atoms with Gasteiger partial charge in [0.1, 0.15) is 0 Å². The van der Waals surface area contributed by atoms with E-state index in [0.29, 0.717) is 11.8 Å². The fourth-order valence-electron chi connectivity index (χ4n) is 0.940. The molecule has 0 heterocycles. The van der Waals surface area contributed by atoms with Gasteiger partial charge >= 0.3 is 0 Å². The minimum atomic E-state index is -3.16. The van der Waals surface area contributed by atoms with Gasteiger partial charge in [-0.25, -0.2) is 13.1 Å². The zero-order valence-electron chi connectivity index (χ0n) is 10.2. The molecule has 0 saturated carbocycles. The molecule has 3 nitrogen and oxygen atoms in total. The molecular formula is C10H22BrNO2S. The highest BCUT2D eigenvalue weighted by Gasteiger charge is 2.24. The Hall–Kier alpha value is 0.390. The molecule has 0 atom stereocenters. The van der Waals surface area contributed by atoms with E-state index in [1.54, 1.807) is 0 Å². The van der Waals surface area contributed by atoms with Crippen molar-refractivity contribution in [3.63, 3.8) is 0 Å². The average molecular weight is 300 g/mol. The summed E-state index contributed by atoms with van der Waals surface area (Å²) < 4.78 is 26.1. The van der Waals surface area contributed by atoms with Crippen LogP contribution in [0.4, 0.5) is 0 Å². The Morgan fingerprint density at radius 1 is 1.13 bits per heavy atom. The summed E-state index contributed by atoms with van der Waals surface area (Å²) in [4.78, 5) is 0. The van der Waals surface area contributed by atoms with Crippen molar-refractivity contribution in [2.75, 3.05) is 11.1 Å². The molecule has 0 saturated heterocycles. The fourth-order valence-corrected chi connectivity index (χ4v) is 3.16. The number of hydrogen-bond acceptors (Lipinski definition) is 2. The summed E-state index contributed by atoms with van der Waals surface area (Å²) in [5, 5.41) is 0.606. The summed E-state index contributed by atoms with van der Waals surface area (Å²) in [5.74, 6) is 0.187. The topological polar surface area (TPSA) is 46.2 Å². The summed E-state index contributed by atoms with van der Waals surface area (Å²) in [6.45, 7) is 9.83. The van der Waals surface area contributed by atoms with E-state index in [-0.39, 0.29) is 11.2 Å². The number of halogens is 1. The van der Waals surface area contributed by atoms with Crippen LogP contribution in [0.2, 0.25) is 0 Å². The molecule has 1 N–H and O–H groups in total. The summed E-state index contributed by atoms with van der Waals surface area (Å²) in [5.41, 5.74) is -0.371. The highest BCUT2D eigenvalue weighted by Crippen LogP contribution is 2.19. The summed E-state index contributed by atoms with van der Waals surface area (Å²) >= 11 is 3.29. The van der Waals surface area contributed by atoms with E-state index < -0.39 is 15.6 Å². The Kier molecular flexibility index (Phi) is 5.28. The second kappa shape index (κ2) is 5.15. The van der Waals surface area contributed by atoms with Crippen molar-refractivity contribution in [3.05, 3.63) is 0 Å². The quantitative estimate of drug-likeness (QED) is 0.793. The lowest BCUT2D eigenvalue weighted by molar-refractivity contribution is 0.394. The maximum atomic E-state index is 11.7. The lowest BCUT2D eigenvalue weighted by Crippen LogP contribution is -2.45. The first-order valence-corrected chi connectivity index (χ1v) is 7.82. The van der Waals surface area contributed by atoms with Crippen molar-refractivity contribution in [1.29, 1.82) is 0 Å². The van der Waals surface area contributed by atoms with Gasteiger partial charge in [-0.3, -0.25) is 0 Å². The Bertz CT molecular complexity index is 291. The molecule has 0 fully saturated rings. The van der Waals surface area contributed by atoms with Crippen LogP contribution in [0.15, 0.2) is 0 Å². The first kappa shape index (κ1) is 15.4. The molecule has 0 bridgehead atoms. The molecule has 0 amide bonds. The molecule has 0 aromatic rings.